The summed E-state index contributed by atoms with van der Waals surface area (Å²) in [5, 5.41) is 4.54. The molecular weight excluding hydrogens is 366 g/mol. The van der Waals surface area contributed by atoms with Crippen LogP contribution in [0.1, 0.15) is 40.2 Å². The largest absolute Gasteiger partial charge is 0.338 e. The van der Waals surface area contributed by atoms with Crippen molar-refractivity contribution in [2.75, 3.05) is 6.54 Å². The van der Waals surface area contributed by atoms with E-state index in [1.165, 1.54) is 17.2 Å². The Balaban J connectivity index is 1.48. The van der Waals surface area contributed by atoms with Gasteiger partial charge in [0.2, 0.25) is 11.9 Å². The molecule has 2 aromatic heterocycles. The van der Waals surface area contributed by atoms with Crippen LogP contribution < -0.4 is 5.56 Å². The highest BCUT2D eigenvalue weighted by Crippen LogP contribution is 2.21. The number of hydrogen-bond acceptors (Lipinski definition) is 4. The first-order chi connectivity index (χ1) is 13.9. The summed E-state index contributed by atoms with van der Waals surface area (Å²) >= 11 is 0. The fourth-order valence-electron chi connectivity index (χ4n) is 4.01. The van der Waals surface area contributed by atoms with E-state index in [0.717, 1.165) is 29.9 Å². The van der Waals surface area contributed by atoms with Gasteiger partial charge < -0.3 is 4.90 Å². The second-order valence-electron chi connectivity index (χ2n) is 7.61. The number of carbonyl (C=O) groups excluding carboxylic acids is 1. The van der Waals surface area contributed by atoms with Crippen molar-refractivity contribution in [1.82, 2.24) is 24.6 Å². The zero-order chi connectivity index (χ0) is 20.5. The van der Waals surface area contributed by atoms with Crippen LogP contribution in [0.4, 0.5) is 0 Å². The number of benzene rings is 1. The molecule has 0 bridgehead atoms. The van der Waals surface area contributed by atoms with Gasteiger partial charge in [0.25, 0.3) is 5.56 Å². The highest BCUT2D eigenvalue weighted by atomic mass is 16.2. The second-order valence-corrected chi connectivity index (χ2v) is 7.61. The topological polar surface area (TPSA) is 83.9 Å². The van der Waals surface area contributed by atoms with Crippen LogP contribution in [0, 0.1) is 20.8 Å². The van der Waals surface area contributed by atoms with Gasteiger partial charge in [0.05, 0.1) is 5.69 Å². The first kappa shape index (κ1) is 19.1. The van der Waals surface area contributed by atoms with Gasteiger partial charge in [-0.25, -0.2) is 9.67 Å². The number of nitrogens with zero attached hydrogens (tertiary/aromatic N) is 4. The maximum Gasteiger partial charge on any atom is 0.252 e. The summed E-state index contributed by atoms with van der Waals surface area (Å²) in [5.74, 6) is 0.564. The number of carbonyl (C=O) groups is 1. The highest BCUT2D eigenvalue weighted by molar-refractivity contribution is 5.77. The summed E-state index contributed by atoms with van der Waals surface area (Å²) < 4.78 is 1.65. The Morgan fingerprint density at radius 1 is 1.17 bits per heavy atom. The van der Waals surface area contributed by atoms with Crippen LogP contribution >= 0.6 is 0 Å². The van der Waals surface area contributed by atoms with Crippen molar-refractivity contribution in [3.05, 3.63) is 74.5 Å². The van der Waals surface area contributed by atoms with Gasteiger partial charge in [-0.15, -0.1) is 0 Å². The summed E-state index contributed by atoms with van der Waals surface area (Å²) in [7, 11) is 0. The van der Waals surface area contributed by atoms with Gasteiger partial charge in [0.1, 0.15) is 0 Å². The molecule has 0 saturated heterocycles. The Kier molecular flexibility index (Phi) is 5.05. The molecule has 1 amide bonds. The smallest absolute Gasteiger partial charge is 0.252 e. The van der Waals surface area contributed by atoms with E-state index in [4.69, 9.17) is 0 Å². The van der Waals surface area contributed by atoms with E-state index in [2.05, 4.69) is 33.3 Å². The molecule has 4 rings (SSSR count). The predicted octanol–water partition coefficient (Wildman–Crippen LogP) is 2.40. The van der Waals surface area contributed by atoms with Crippen LogP contribution in [-0.4, -0.2) is 37.1 Å². The van der Waals surface area contributed by atoms with Crippen molar-refractivity contribution in [2.45, 2.75) is 46.6 Å². The summed E-state index contributed by atoms with van der Waals surface area (Å²) in [6.07, 6.45) is 1.96. The van der Waals surface area contributed by atoms with Crippen LogP contribution in [0.3, 0.4) is 0 Å². The summed E-state index contributed by atoms with van der Waals surface area (Å²) in [6.45, 7) is 7.09. The third-order valence-corrected chi connectivity index (χ3v) is 5.57. The number of aromatic amines is 1. The van der Waals surface area contributed by atoms with Crippen molar-refractivity contribution < 1.29 is 4.79 Å². The molecule has 1 N–H and O–H groups in total. The third kappa shape index (κ3) is 3.85. The number of hydrogen-bond donors (Lipinski definition) is 1. The van der Waals surface area contributed by atoms with Crippen molar-refractivity contribution >= 4 is 5.91 Å². The monoisotopic (exact) mass is 391 g/mol. The maximum atomic E-state index is 12.8. The maximum absolute atomic E-state index is 12.8. The first-order valence-corrected chi connectivity index (χ1v) is 9.90. The molecule has 1 aliphatic heterocycles. The van der Waals surface area contributed by atoms with E-state index in [1.54, 1.807) is 11.6 Å². The van der Waals surface area contributed by atoms with Crippen molar-refractivity contribution in [3.8, 4) is 5.95 Å². The first-order valence-electron chi connectivity index (χ1n) is 9.90. The minimum atomic E-state index is -0.206. The molecule has 0 fully saturated rings. The fourth-order valence-corrected chi connectivity index (χ4v) is 4.01. The average molecular weight is 391 g/mol. The van der Waals surface area contributed by atoms with E-state index >= 15 is 0 Å². The SMILES string of the molecule is Cc1cc(=O)[nH]c(-n2nc(C)c(CCC(=O)N3CCc4ccccc4C3)c2C)n1. The lowest BCUT2D eigenvalue weighted by molar-refractivity contribution is -0.132. The summed E-state index contributed by atoms with van der Waals surface area (Å²) in [4.78, 5) is 33.6. The molecule has 0 atom stereocenters. The molecule has 1 aliphatic rings. The number of rotatable bonds is 4. The minimum absolute atomic E-state index is 0.160. The highest BCUT2D eigenvalue weighted by Gasteiger charge is 2.21. The van der Waals surface area contributed by atoms with Crippen molar-refractivity contribution in [3.63, 3.8) is 0 Å². The standard InChI is InChI=1S/C22H25N5O2/c1-14-12-20(28)24-22(23-14)27-16(3)19(15(2)25-27)8-9-21(29)26-11-10-17-6-4-5-7-18(17)13-26/h4-7,12H,8-11,13H2,1-3H3,(H,23,24,28). The minimum Gasteiger partial charge on any atom is -0.338 e. The van der Waals surface area contributed by atoms with E-state index in [9.17, 15) is 9.59 Å². The van der Waals surface area contributed by atoms with Gasteiger partial charge in [-0.1, -0.05) is 24.3 Å². The van der Waals surface area contributed by atoms with E-state index < -0.39 is 0 Å². The number of amides is 1. The number of H-pyrrole nitrogens is 1. The number of nitrogens with one attached hydrogen (secondary N) is 1. The number of aromatic nitrogens is 4. The normalized spacial score (nSPS) is 13.4. The van der Waals surface area contributed by atoms with Gasteiger partial charge in [-0.05, 0) is 50.3 Å². The molecule has 1 aromatic carbocycles. The van der Waals surface area contributed by atoms with E-state index in [-0.39, 0.29) is 11.5 Å². The lowest BCUT2D eigenvalue weighted by Gasteiger charge is -2.29. The van der Waals surface area contributed by atoms with Crippen LogP contribution in [0.25, 0.3) is 5.95 Å². The molecule has 3 aromatic rings. The van der Waals surface area contributed by atoms with Crippen LogP contribution in [-0.2, 0) is 24.2 Å². The molecule has 0 spiro atoms. The third-order valence-electron chi connectivity index (χ3n) is 5.57. The molecule has 3 heterocycles. The van der Waals surface area contributed by atoms with Crippen LogP contribution in [0.15, 0.2) is 35.1 Å². The molecular formula is C22H25N5O2. The molecule has 0 radical (unpaired) electrons. The number of aryl methyl sites for hydroxylation is 2. The van der Waals surface area contributed by atoms with Crippen molar-refractivity contribution in [1.29, 1.82) is 0 Å². The Labute approximate surface area is 169 Å². The Morgan fingerprint density at radius 2 is 1.93 bits per heavy atom. The molecule has 29 heavy (non-hydrogen) atoms. The van der Waals surface area contributed by atoms with Gasteiger partial charge in [0, 0.05) is 37.0 Å². The summed E-state index contributed by atoms with van der Waals surface area (Å²) in [5.41, 5.74) is 5.78. The zero-order valence-corrected chi connectivity index (χ0v) is 17.0. The van der Waals surface area contributed by atoms with Crippen LogP contribution in [0.5, 0.6) is 0 Å². The lowest BCUT2D eigenvalue weighted by atomic mass is 9.99. The molecule has 7 nitrogen and oxygen atoms in total. The second kappa shape index (κ2) is 7.66. The Morgan fingerprint density at radius 3 is 2.69 bits per heavy atom. The van der Waals surface area contributed by atoms with E-state index in [0.29, 0.717) is 31.0 Å². The quantitative estimate of drug-likeness (QED) is 0.740. The Bertz CT molecular complexity index is 1130. The molecule has 7 heteroatoms. The lowest BCUT2D eigenvalue weighted by Crippen LogP contribution is -2.36. The molecule has 0 aliphatic carbocycles. The Hall–Kier alpha value is -3.22. The van der Waals surface area contributed by atoms with Crippen LogP contribution in [0.2, 0.25) is 0 Å². The zero-order valence-electron chi connectivity index (χ0n) is 17.0. The fraction of sp³-hybridized carbons (Fsp3) is 0.364. The van der Waals surface area contributed by atoms with Gasteiger partial charge in [-0.2, -0.15) is 5.10 Å². The molecule has 150 valence electrons. The molecule has 0 unspecified atom stereocenters. The van der Waals surface area contributed by atoms with E-state index in [1.807, 2.05) is 24.8 Å². The van der Waals surface area contributed by atoms with Gasteiger partial charge in [-0.3, -0.25) is 14.6 Å². The number of fused-ring (bicyclic) bond motifs is 1. The van der Waals surface area contributed by atoms with Gasteiger partial charge in [0.15, 0.2) is 0 Å². The van der Waals surface area contributed by atoms with Crippen molar-refractivity contribution in [2.24, 2.45) is 0 Å². The average Bonchev–Trinajstić information content (AvgIpc) is 2.98. The molecule has 0 saturated carbocycles. The summed E-state index contributed by atoms with van der Waals surface area (Å²) in [6, 6.07) is 9.77. The van der Waals surface area contributed by atoms with Gasteiger partial charge >= 0.3 is 0 Å². The predicted molar refractivity (Wildman–Crippen MR) is 110 cm³/mol.